The zero-order valence-corrected chi connectivity index (χ0v) is 12.6. The molecule has 7 heteroatoms. The van der Waals surface area contributed by atoms with Gasteiger partial charge in [0.05, 0.1) is 15.7 Å². The number of hydrogen-bond donors (Lipinski definition) is 3. The van der Waals surface area contributed by atoms with Gasteiger partial charge in [-0.2, -0.15) is 0 Å². The Bertz CT molecular complexity index is 509. The topological polar surface area (TPSA) is 92.4 Å². The molecule has 0 aliphatic rings. The van der Waals surface area contributed by atoms with Gasteiger partial charge >= 0.3 is 5.97 Å². The highest BCUT2D eigenvalue weighted by Gasteiger charge is 2.22. The maximum Gasteiger partial charge on any atom is 0.326 e. The van der Waals surface area contributed by atoms with Crippen LogP contribution >= 0.6 is 23.2 Å². The van der Waals surface area contributed by atoms with Gasteiger partial charge < -0.3 is 16.2 Å². The average Bonchev–Trinajstić information content (AvgIpc) is 2.33. The minimum atomic E-state index is -1.08. The van der Waals surface area contributed by atoms with Crippen molar-refractivity contribution in [3.05, 3.63) is 27.7 Å². The number of aliphatic carboxylic acids is 1. The number of carbonyl (C=O) groups excluding carboxylic acids is 1. The number of carbonyl (C=O) groups is 2. The summed E-state index contributed by atoms with van der Waals surface area (Å²) in [4.78, 5) is 23.1. The summed E-state index contributed by atoms with van der Waals surface area (Å²) in [6.07, 6.45) is 0.331. The Morgan fingerprint density at radius 3 is 2.20 bits per heavy atom. The number of rotatable bonds is 5. The molecule has 0 unspecified atom stereocenters. The maximum absolute atomic E-state index is 12.0. The van der Waals surface area contributed by atoms with Gasteiger partial charge in [-0.05, 0) is 24.5 Å². The third-order valence-electron chi connectivity index (χ3n) is 2.65. The van der Waals surface area contributed by atoms with E-state index in [0.717, 1.165) is 0 Å². The lowest BCUT2D eigenvalue weighted by atomic mass is 10.0. The van der Waals surface area contributed by atoms with Crippen molar-refractivity contribution in [2.45, 2.75) is 26.3 Å². The van der Waals surface area contributed by atoms with Crippen LogP contribution in [0.25, 0.3) is 0 Å². The lowest BCUT2D eigenvalue weighted by Gasteiger charge is -2.16. The predicted octanol–water partition coefficient (Wildman–Crippen LogP) is 2.80. The Morgan fingerprint density at radius 2 is 1.80 bits per heavy atom. The fourth-order valence-corrected chi connectivity index (χ4v) is 2.14. The zero-order valence-electron chi connectivity index (χ0n) is 11.1. The van der Waals surface area contributed by atoms with Crippen LogP contribution in [0.4, 0.5) is 5.69 Å². The third kappa shape index (κ3) is 4.28. The van der Waals surface area contributed by atoms with Gasteiger partial charge in [0.25, 0.3) is 5.91 Å². The molecular weight excluding hydrogens is 303 g/mol. The fourth-order valence-electron chi connectivity index (χ4n) is 1.65. The van der Waals surface area contributed by atoms with Crippen molar-refractivity contribution in [3.63, 3.8) is 0 Å². The molecule has 0 aromatic heterocycles. The number of nitrogens with two attached hydrogens (primary N) is 1. The van der Waals surface area contributed by atoms with E-state index in [-0.39, 0.29) is 27.2 Å². The number of nitrogens with one attached hydrogen (secondary N) is 1. The molecule has 110 valence electrons. The van der Waals surface area contributed by atoms with E-state index in [2.05, 4.69) is 5.32 Å². The fraction of sp³-hybridized carbons (Fsp3) is 0.385. The SMILES string of the molecule is CC(C)C[C@H](NC(=O)c1cc(Cl)c(N)c(Cl)c1)C(=O)O. The number of carboxylic acid groups (broad SMARTS) is 1. The van der Waals surface area contributed by atoms with Gasteiger partial charge in [-0.1, -0.05) is 37.0 Å². The van der Waals surface area contributed by atoms with Crippen molar-refractivity contribution in [3.8, 4) is 0 Å². The van der Waals surface area contributed by atoms with Crippen LogP contribution in [0.5, 0.6) is 0 Å². The first kappa shape index (κ1) is 16.6. The molecule has 1 aromatic rings. The summed E-state index contributed by atoms with van der Waals surface area (Å²) in [5.74, 6) is -1.50. The molecular formula is C13H16Cl2N2O3. The molecule has 0 aliphatic heterocycles. The lowest BCUT2D eigenvalue weighted by Crippen LogP contribution is -2.41. The first-order valence-electron chi connectivity index (χ1n) is 6.00. The first-order valence-corrected chi connectivity index (χ1v) is 6.76. The van der Waals surface area contributed by atoms with Gasteiger partial charge in [0.15, 0.2) is 0 Å². The van der Waals surface area contributed by atoms with E-state index in [1.807, 2.05) is 13.8 Å². The molecule has 0 bridgehead atoms. The lowest BCUT2D eigenvalue weighted by molar-refractivity contribution is -0.139. The van der Waals surface area contributed by atoms with E-state index >= 15 is 0 Å². The van der Waals surface area contributed by atoms with Crippen LogP contribution in [0, 0.1) is 5.92 Å². The summed E-state index contributed by atoms with van der Waals surface area (Å²) in [6, 6.07) is 1.75. The van der Waals surface area contributed by atoms with Crippen LogP contribution in [0.3, 0.4) is 0 Å². The quantitative estimate of drug-likeness (QED) is 0.728. The van der Waals surface area contributed by atoms with Crippen LogP contribution in [0.1, 0.15) is 30.6 Å². The average molecular weight is 319 g/mol. The molecule has 0 spiro atoms. The van der Waals surface area contributed by atoms with Crippen molar-refractivity contribution in [2.24, 2.45) is 5.92 Å². The standard InChI is InChI=1S/C13H16Cl2N2O3/c1-6(2)3-10(13(19)20)17-12(18)7-4-8(14)11(16)9(15)5-7/h4-6,10H,3,16H2,1-2H3,(H,17,18)(H,19,20)/t10-/m0/s1. The summed E-state index contributed by atoms with van der Waals surface area (Å²) >= 11 is 11.7. The van der Waals surface area contributed by atoms with Crippen LogP contribution < -0.4 is 11.1 Å². The third-order valence-corrected chi connectivity index (χ3v) is 3.28. The first-order chi connectivity index (χ1) is 9.22. The summed E-state index contributed by atoms with van der Waals surface area (Å²) in [6.45, 7) is 3.75. The summed E-state index contributed by atoms with van der Waals surface area (Å²) in [5.41, 5.74) is 5.93. The molecule has 0 radical (unpaired) electrons. The Kier molecular flexibility index (Phi) is 5.65. The van der Waals surface area contributed by atoms with Gasteiger partial charge in [0, 0.05) is 5.56 Å². The summed E-state index contributed by atoms with van der Waals surface area (Å²) in [5, 5.41) is 11.8. The number of hydrogen-bond acceptors (Lipinski definition) is 3. The number of amides is 1. The van der Waals surface area contributed by atoms with Crippen LogP contribution in [-0.4, -0.2) is 23.0 Å². The van der Waals surface area contributed by atoms with Gasteiger partial charge in [-0.15, -0.1) is 0 Å². The molecule has 20 heavy (non-hydrogen) atoms. The van der Waals surface area contributed by atoms with E-state index in [1.165, 1.54) is 12.1 Å². The van der Waals surface area contributed by atoms with E-state index in [0.29, 0.717) is 6.42 Å². The summed E-state index contributed by atoms with van der Waals surface area (Å²) in [7, 11) is 0. The second kappa shape index (κ2) is 6.81. The van der Waals surface area contributed by atoms with Gasteiger partial charge in [-0.25, -0.2) is 4.79 Å². The molecule has 1 rings (SSSR count). The molecule has 0 saturated heterocycles. The molecule has 1 amide bonds. The molecule has 4 N–H and O–H groups in total. The predicted molar refractivity (Wildman–Crippen MR) is 79.2 cm³/mol. The van der Waals surface area contributed by atoms with E-state index in [9.17, 15) is 9.59 Å². The van der Waals surface area contributed by atoms with Crippen LogP contribution in [-0.2, 0) is 4.79 Å². The van der Waals surface area contributed by atoms with Crippen molar-refractivity contribution < 1.29 is 14.7 Å². The van der Waals surface area contributed by atoms with E-state index in [4.69, 9.17) is 34.0 Å². The Morgan fingerprint density at radius 1 is 1.30 bits per heavy atom. The number of carboxylic acids is 1. The minimum Gasteiger partial charge on any atom is -0.480 e. The van der Waals surface area contributed by atoms with Crippen molar-refractivity contribution in [1.29, 1.82) is 0 Å². The smallest absolute Gasteiger partial charge is 0.326 e. The molecule has 5 nitrogen and oxygen atoms in total. The molecule has 1 atom stereocenters. The number of anilines is 1. The second-order valence-corrected chi connectivity index (χ2v) is 5.66. The Hall–Kier alpha value is -1.46. The van der Waals surface area contributed by atoms with Gasteiger partial charge in [-0.3, -0.25) is 4.79 Å². The van der Waals surface area contributed by atoms with E-state index < -0.39 is 17.9 Å². The monoisotopic (exact) mass is 318 g/mol. The number of benzene rings is 1. The number of halogens is 2. The Balaban J connectivity index is 2.92. The van der Waals surface area contributed by atoms with E-state index in [1.54, 1.807) is 0 Å². The maximum atomic E-state index is 12.0. The molecule has 0 heterocycles. The highest BCUT2D eigenvalue weighted by atomic mass is 35.5. The number of nitrogen functional groups attached to an aromatic ring is 1. The van der Waals surface area contributed by atoms with Crippen molar-refractivity contribution in [1.82, 2.24) is 5.32 Å². The Labute approximate surface area is 127 Å². The van der Waals surface area contributed by atoms with Gasteiger partial charge in [0.2, 0.25) is 0 Å². The van der Waals surface area contributed by atoms with Gasteiger partial charge in [0.1, 0.15) is 6.04 Å². The zero-order chi connectivity index (χ0) is 15.4. The highest BCUT2D eigenvalue weighted by Crippen LogP contribution is 2.28. The molecule has 0 fully saturated rings. The molecule has 0 aliphatic carbocycles. The second-order valence-electron chi connectivity index (χ2n) is 4.85. The molecule has 1 aromatic carbocycles. The minimum absolute atomic E-state index is 0.134. The largest absolute Gasteiger partial charge is 0.480 e. The van der Waals surface area contributed by atoms with Crippen LogP contribution in [0.2, 0.25) is 10.0 Å². The molecule has 0 saturated carbocycles. The normalized spacial score (nSPS) is 12.2. The van der Waals surface area contributed by atoms with Crippen molar-refractivity contribution in [2.75, 3.05) is 5.73 Å². The summed E-state index contributed by atoms with van der Waals surface area (Å²) < 4.78 is 0. The highest BCUT2D eigenvalue weighted by molar-refractivity contribution is 6.39. The van der Waals surface area contributed by atoms with Crippen LogP contribution in [0.15, 0.2) is 12.1 Å². The van der Waals surface area contributed by atoms with Crippen molar-refractivity contribution >= 4 is 40.8 Å².